The van der Waals surface area contributed by atoms with Gasteiger partial charge in [0.2, 0.25) is 5.91 Å². The van der Waals surface area contributed by atoms with E-state index in [-0.39, 0.29) is 30.3 Å². The van der Waals surface area contributed by atoms with Gasteiger partial charge in [-0.15, -0.1) is 12.4 Å². The maximum Gasteiger partial charge on any atom is 0.223 e. The van der Waals surface area contributed by atoms with Gasteiger partial charge in [0.15, 0.2) is 0 Å². The molecule has 3 aromatic rings. The van der Waals surface area contributed by atoms with Gasteiger partial charge in [0.05, 0.1) is 17.3 Å². The predicted molar refractivity (Wildman–Crippen MR) is 115 cm³/mol. The number of fused-ring (bicyclic) bond motifs is 1. The van der Waals surface area contributed by atoms with Crippen molar-refractivity contribution in [2.75, 3.05) is 13.1 Å². The van der Waals surface area contributed by atoms with E-state index in [0.717, 1.165) is 48.9 Å². The molecule has 5 nitrogen and oxygen atoms in total. The highest BCUT2D eigenvalue weighted by Gasteiger charge is 2.26. The maximum atomic E-state index is 12.9. The summed E-state index contributed by atoms with van der Waals surface area (Å²) >= 11 is 0. The molecule has 6 heteroatoms. The van der Waals surface area contributed by atoms with Gasteiger partial charge in [-0.1, -0.05) is 48.5 Å². The van der Waals surface area contributed by atoms with E-state index >= 15 is 0 Å². The van der Waals surface area contributed by atoms with Gasteiger partial charge >= 0.3 is 0 Å². The van der Waals surface area contributed by atoms with Gasteiger partial charge in [-0.25, -0.2) is 0 Å². The van der Waals surface area contributed by atoms with Crippen LogP contribution in [0, 0.1) is 5.92 Å². The van der Waals surface area contributed by atoms with Crippen LogP contribution < -0.4 is 10.6 Å². The maximum absolute atomic E-state index is 12.9. The first-order chi connectivity index (χ1) is 13.2. The van der Waals surface area contributed by atoms with Crippen LogP contribution in [-0.4, -0.2) is 28.8 Å². The van der Waals surface area contributed by atoms with Gasteiger partial charge in [0, 0.05) is 18.4 Å². The van der Waals surface area contributed by atoms with E-state index in [4.69, 9.17) is 5.10 Å². The zero-order valence-corrected chi connectivity index (χ0v) is 16.9. The van der Waals surface area contributed by atoms with Crippen molar-refractivity contribution in [2.24, 2.45) is 13.0 Å². The van der Waals surface area contributed by atoms with E-state index in [0.29, 0.717) is 0 Å². The summed E-state index contributed by atoms with van der Waals surface area (Å²) in [7, 11) is 1.96. The molecule has 0 radical (unpaired) electrons. The number of aryl methyl sites for hydroxylation is 1. The molecule has 148 valence electrons. The summed E-state index contributed by atoms with van der Waals surface area (Å²) in [5.41, 5.74) is 3.23. The van der Waals surface area contributed by atoms with E-state index in [1.807, 2.05) is 42.1 Å². The Kier molecular flexibility index (Phi) is 6.70. The number of para-hydroxylation sites is 1. The van der Waals surface area contributed by atoms with Crippen LogP contribution in [0.3, 0.4) is 0 Å². The number of benzene rings is 2. The van der Waals surface area contributed by atoms with Gasteiger partial charge < -0.3 is 10.6 Å². The van der Waals surface area contributed by atoms with Crippen LogP contribution in [-0.2, 0) is 18.3 Å². The predicted octanol–water partition coefficient (Wildman–Crippen LogP) is 3.39. The number of piperidine rings is 1. The minimum Gasteiger partial charge on any atom is -0.347 e. The molecule has 0 aliphatic carbocycles. The molecule has 28 heavy (non-hydrogen) atoms. The zero-order chi connectivity index (χ0) is 18.6. The topological polar surface area (TPSA) is 59.0 Å². The molecule has 1 amide bonds. The summed E-state index contributed by atoms with van der Waals surface area (Å²) in [5.74, 6) is 0.228. The number of carbonyl (C=O) groups excluding carboxylic acids is 1. The van der Waals surface area contributed by atoms with Crippen LogP contribution in [0.25, 0.3) is 10.9 Å². The fourth-order valence-corrected chi connectivity index (χ4v) is 3.94. The molecule has 2 N–H and O–H groups in total. The number of nitrogens with zero attached hydrogens (tertiary/aromatic N) is 2. The lowest BCUT2D eigenvalue weighted by Crippen LogP contribution is -2.40. The Balaban J connectivity index is 0.00000225. The Labute approximate surface area is 171 Å². The third-order valence-corrected chi connectivity index (χ3v) is 5.43. The van der Waals surface area contributed by atoms with Gasteiger partial charge in [-0.05, 0) is 44.0 Å². The second kappa shape index (κ2) is 9.22. The number of hydrogen-bond donors (Lipinski definition) is 2. The Bertz CT molecular complexity index is 919. The van der Waals surface area contributed by atoms with E-state index in [1.165, 1.54) is 5.56 Å². The highest BCUT2D eigenvalue weighted by Crippen LogP contribution is 2.27. The number of rotatable bonds is 5. The fourth-order valence-electron chi connectivity index (χ4n) is 3.94. The first-order valence-corrected chi connectivity index (χ1v) is 9.69. The van der Waals surface area contributed by atoms with Crippen molar-refractivity contribution in [2.45, 2.75) is 25.3 Å². The highest BCUT2D eigenvalue weighted by molar-refractivity contribution is 5.85. The molecule has 1 aliphatic heterocycles. The SMILES string of the molecule is Cl.Cn1nc(C(Cc2ccccc2)NC(=O)C2CCNCC2)c2ccccc21. The summed E-state index contributed by atoms with van der Waals surface area (Å²) < 4.78 is 1.90. The zero-order valence-electron chi connectivity index (χ0n) is 16.1. The van der Waals surface area contributed by atoms with Crippen LogP contribution in [0.4, 0.5) is 0 Å². The summed E-state index contributed by atoms with van der Waals surface area (Å²) in [5, 5.41) is 12.5. The quantitative estimate of drug-likeness (QED) is 0.692. The first kappa shape index (κ1) is 20.4. The second-order valence-electron chi connectivity index (χ2n) is 7.30. The van der Waals surface area contributed by atoms with Crippen LogP contribution in [0.1, 0.15) is 30.1 Å². The molecule has 1 unspecified atom stereocenters. The summed E-state index contributed by atoms with van der Waals surface area (Å²) in [6.07, 6.45) is 2.53. The standard InChI is InChI=1S/C22H26N4O.ClH/c1-26-20-10-6-5-9-18(20)21(25-26)19(15-16-7-3-2-4-8-16)24-22(27)17-11-13-23-14-12-17;/h2-10,17,19,23H,11-15H2,1H3,(H,24,27);1H. The van der Waals surface area contributed by atoms with Crippen LogP contribution >= 0.6 is 12.4 Å². The molecule has 0 spiro atoms. The lowest BCUT2D eigenvalue weighted by atomic mass is 9.95. The average molecular weight is 399 g/mol. The van der Waals surface area contributed by atoms with E-state index in [1.54, 1.807) is 0 Å². The van der Waals surface area contributed by atoms with Crippen molar-refractivity contribution in [1.82, 2.24) is 20.4 Å². The monoisotopic (exact) mass is 398 g/mol. The Morgan fingerprint density at radius 1 is 1.14 bits per heavy atom. The summed E-state index contributed by atoms with van der Waals surface area (Å²) in [4.78, 5) is 12.9. The molecular weight excluding hydrogens is 372 g/mol. The van der Waals surface area contributed by atoms with Crippen LogP contribution in [0.2, 0.25) is 0 Å². The van der Waals surface area contributed by atoms with Crippen molar-refractivity contribution in [3.05, 3.63) is 65.9 Å². The molecule has 1 saturated heterocycles. The third kappa shape index (κ3) is 4.37. The largest absolute Gasteiger partial charge is 0.347 e. The van der Waals surface area contributed by atoms with Crippen molar-refractivity contribution in [3.63, 3.8) is 0 Å². The normalized spacial score (nSPS) is 15.8. The molecule has 0 saturated carbocycles. The van der Waals surface area contributed by atoms with Crippen molar-refractivity contribution < 1.29 is 4.79 Å². The number of nitrogens with one attached hydrogen (secondary N) is 2. The van der Waals surface area contributed by atoms with Gasteiger partial charge in [0.1, 0.15) is 0 Å². The highest BCUT2D eigenvalue weighted by atomic mass is 35.5. The molecule has 2 heterocycles. The first-order valence-electron chi connectivity index (χ1n) is 9.69. The van der Waals surface area contributed by atoms with E-state index < -0.39 is 0 Å². The Morgan fingerprint density at radius 3 is 2.57 bits per heavy atom. The van der Waals surface area contributed by atoms with Gasteiger partial charge in [0.25, 0.3) is 0 Å². The Hall–Kier alpha value is -2.37. The second-order valence-corrected chi connectivity index (χ2v) is 7.30. The molecule has 1 aliphatic rings. The number of halogens is 1. The van der Waals surface area contributed by atoms with Crippen LogP contribution in [0.5, 0.6) is 0 Å². The number of carbonyl (C=O) groups is 1. The van der Waals surface area contributed by atoms with Gasteiger partial charge in [-0.3, -0.25) is 9.48 Å². The van der Waals surface area contributed by atoms with Gasteiger partial charge in [-0.2, -0.15) is 5.10 Å². The molecular formula is C22H27ClN4O. The van der Waals surface area contributed by atoms with Crippen molar-refractivity contribution in [1.29, 1.82) is 0 Å². The molecule has 0 bridgehead atoms. The summed E-state index contributed by atoms with van der Waals surface area (Å²) in [6, 6.07) is 18.4. The molecule has 2 aromatic carbocycles. The lowest BCUT2D eigenvalue weighted by Gasteiger charge is -2.25. The molecule has 1 atom stereocenters. The minimum absolute atomic E-state index is 0. The van der Waals surface area contributed by atoms with Crippen molar-refractivity contribution in [3.8, 4) is 0 Å². The van der Waals surface area contributed by atoms with Crippen molar-refractivity contribution >= 4 is 29.2 Å². The molecule has 1 fully saturated rings. The van der Waals surface area contributed by atoms with E-state index in [2.05, 4.69) is 34.9 Å². The third-order valence-electron chi connectivity index (χ3n) is 5.43. The number of amides is 1. The Morgan fingerprint density at radius 2 is 1.82 bits per heavy atom. The summed E-state index contributed by atoms with van der Waals surface area (Å²) in [6.45, 7) is 1.82. The van der Waals surface area contributed by atoms with Crippen LogP contribution in [0.15, 0.2) is 54.6 Å². The lowest BCUT2D eigenvalue weighted by molar-refractivity contribution is -0.126. The smallest absolute Gasteiger partial charge is 0.223 e. The number of aromatic nitrogens is 2. The number of hydrogen-bond acceptors (Lipinski definition) is 3. The minimum atomic E-state index is -0.138. The molecule has 4 rings (SSSR count). The fraction of sp³-hybridized carbons (Fsp3) is 0.364. The van der Waals surface area contributed by atoms with E-state index in [9.17, 15) is 4.79 Å². The average Bonchev–Trinajstić information content (AvgIpc) is 3.06. The molecule has 1 aromatic heterocycles.